The molecule has 218 valence electrons. The van der Waals surface area contributed by atoms with Gasteiger partial charge in [0.05, 0.1) is 5.54 Å². The predicted octanol–water partition coefficient (Wildman–Crippen LogP) is 4.09. The Kier molecular flexibility index (Phi) is 9.32. The van der Waals surface area contributed by atoms with Crippen LogP contribution in [0.1, 0.15) is 41.6 Å². The van der Waals surface area contributed by atoms with Crippen molar-refractivity contribution in [2.75, 3.05) is 30.3 Å². The van der Waals surface area contributed by atoms with Crippen LogP contribution in [0.15, 0.2) is 53.5 Å². The maximum atomic E-state index is 12.8. The minimum atomic E-state index is -4.57. The van der Waals surface area contributed by atoms with E-state index in [-0.39, 0.29) is 23.8 Å². The summed E-state index contributed by atoms with van der Waals surface area (Å²) in [7, 11) is 0. The van der Waals surface area contributed by atoms with Gasteiger partial charge in [-0.15, -0.1) is 0 Å². The largest absolute Gasteiger partial charge is 0.454 e. The highest BCUT2D eigenvalue weighted by Crippen LogP contribution is 2.48. The predicted molar refractivity (Wildman–Crippen MR) is 149 cm³/mol. The van der Waals surface area contributed by atoms with Crippen molar-refractivity contribution in [2.45, 2.75) is 37.4 Å². The minimum Gasteiger partial charge on any atom is -0.454 e. The van der Waals surface area contributed by atoms with Crippen molar-refractivity contribution in [3.8, 4) is 6.01 Å². The highest BCUT2D eigenvalue weighted by molar-refractivity contribution is 6.30. The van der Waals surface area contributed by atoms with E-state index < -0.39 is 24.3 Å². The van der Waals surface area contributed by atoms with E-state index in [2.05, 4.69) is 35.9 Å². The quantitative estimate of drug-likeness (QED) is 0.112. The van der Waals surface area contributed by atoms with Crippen molar-refractivity contribution >= 4 is 41.1 Å². The number of alkyl halides is 3. The zero-order valence-electron chi connectivity index (χ0n) is 21.8. The molecule has 2 aromatic carbocycles. The summed E-state index contributed by atoms with van der Waals surface area (Å²) >= 11 is 6.00. The number of amides is 1. The molecular weight excluding hydrogens is 563 g/mol. The van der Waals surface area contributed by atoms with E-state index in [4.69, 9.17) is 27.8 Å². The number of nitrogens with zero attached hydrogens (tertiary/aromatic N) is 4. The molecule has 0 unspecified atom stereocenters. The number of hydrogen-bond donors (Lipinski definition) is 5. The molecule has 3 aromatic rings. The number of carbonyl (C=O) groups excluding carboxylic acids is 1. The summed E-state index contributed by atoms with van der Waals surface area (Å²) in [5.41, 5.74) is 11.9. The van der Waals surface area contributed by atoms with Crippen LogP contribution in [0.25, 0.3) is 0 Å². The first-order valence-electron chi connectivity index (χ1n) is 12.7. The molecule has 1 saturated carbocycles. The number of unbranched alkanes of at least 4 members (excludes halogenated alkanes) is 1. The van der Waals surface area contributed by atoms with Crippen molar-refractivity contribution in [1.29, 1.82) is 0 Å². The number of aliphatic imine (C=N–C) groups is 1. The Labute approximate surface area is 239 Å². The summed E-state index contributed by atoms with van der Waals surface area (Å²) in [6.45, 7) is -0.619. The molecule has 0 radical (unpaired) electrons. The number of anilines is 3. The summed E-state index contributed by atoms with van der Waals surface area (Å²) < 4.78 is 43.2. The molecule has 7 N–H and O–H groups in total. The summed E-state index contributed by atoms with van der Waals surface area (Å²) in [5.74, 6) is -0.223. The summed E-state index contributed by atoms with van der Waals surface area (Å²) in [5, 5.41) is 9.54. The minimum absolute atomic E-state index is 0.0298. The van der Waals surface area contributed by atoms with Crippen molar-refractivity contribution in [1.82, 2.24) is 20.3 Å². The van der Waals surface area contributed by atoms with Crippen molar-refractivity contribution in [3.05, 3.63) is 64.7 Å². The van der Waals surface area contributed by atoms with Crippen LogP contribution in [-0.2, 0) is 5.54 Å². The number of halogens is 4. The van der Waals surface area contributed by atoms with Gasteiger partial charge in [0, 0.05) is 29.4 Å². The molecule has 1 fully saturated rings. The van der Waals surface area contributed by atoms with Gasteiger partial charge in [0.25, 0.3) is 5.91 Å². The molecule has 1 heterocycles. The third kappa shape index (κ3) is 9.10. The fourth-order valence-electron chi connectivity index (χ4n) is 3.86. The Morgan fingerprint density at radius 1 is 1.00 bits per heavy atom. The molecule has 1 aromatic heterocycles. The molecule has 1 aliphatic rings. The van der Waals surface area contributed by atoms with E-state index in [1.165, 1.54) is 0 Å². The average Bonchev–Trinajstić information content (AvgIpc) is 3.70. The molecule has 11 nitrogen and oxygen atoms in total. The standard InChI is InChI=1S/C26H29ClF3N9O2/c27-18-7-5-17(6-8-18)25(11-12-25)39-23-36-22(37-24(38-23)41-15-26(28,29)30)35-19-9-3-16(4-10-19)20(40)33-13-1-2-14-34-21(31)32/h3-10H,1-2,11-15H2,(H,33,40)(H4,31,32,34)(H2,35,36,37,38,39). The highest BCUT2D eigenvalue weighted by Gasteiger charge is 2.45. The molecule has 0 spiro atoms. The van der Waals surface area contributed by atoms with Crippen LogP contribution in [0.2, 0.25) is 5.02 Å². The summed E-state index contributed by atoms with van der Waals surface area (Å²) in [6.07, 6.45) is -1.61. The van der Waals surface area contributed by atoms with Gasteiger partial charge in [-0.05, 0) is 67.6 Å². The lowest BCUT2D eigenvalue weighted by atomic mass is 10.1. The zero-order valence-corrected chi connectivity index (χ0v) is 22.6. The van der Waals surface area contributed by atoms with Crippen molar-refractivity contribution in [3.63, 3.8) is 0 Å². The number of nitrogens with two attached hydrogens (primary N) is 2. The molecule has 0 saturated heterocycles. The molecule has 4 rings (SSSR count). The average molecular weight is 592 g/mol. The van der Waals surface area contributed by atoms with E-state index in [1.54, 1.807) is 36.4 Å². The van der Waals surface area contributed by atoms with Crippen LogP contribution in [0.4, 0.5) is 30.8 Å². The van der Waals surface area contributed by atoms with Gasteiger partial charge in [0.15, 0.2) is 12.6 Å². The lowest BCUT2D eigenvalue weighted by Crippen LogP contribution is -2.25. The van der Waals surface area contributed by atoms with Gasteiger partial charge in [-0.1, -0.05) is 23.7 Å². The third-order valence-corrected chi connectivity index (χ3v) is 6.30. The van der Waals surface area contributed by atoms with Gasteiger partial charge in [0.2, 0.25) is 11.9 Å². The number of hydrogen-bond acceptors (Lipinski definition) is 8. The van der Waals surface area contributed by atoms with E-state index >= 15 is 0 Å². The first-order chi connectivity index (χ1) is 19.5. The smallest absolute Gasteiger partial charge is 0.422 e. The summed E-state index contributed by atoms with van der Waals surface area (Å²) in [6, 6.07) is 13.2. The van der Waals surface area contributed by atoms with Crippen molar-refractivity contribution < 1.29 is 22.7 Å². The van der Waals surface area contributed by atoms with E-state index in [0.29, 0.717) is 35.8 Å². The second-order valence-electron chi connectivity index (χ2n) is 9.35. The van der Waals surface area contributed by atoms with Crippen LogP contribution in [0, 0.1) is 0 Å². The van der Waals surface area contributed by atoms with Gasteiger partial charge in [0.1, 0.15) is 0 Å². The van der Waals surface area contributed by atoms with E-state index in [0.717, 1.165) is 24.8 Å². The zero-order chi connectivity index (χ0) is 29.5. The summed E-state index contributed by atoms with van der Waals surface area (Å²) in [4.78, 5) is 28.7. The van der Waals surface area contributed by atoms with Gasteiger partial charge in [-0.2, -0.15) is 28.1 Å². The SMILES string of the molecule is NC(N)=NCCCCNC(=O)c1ccc(Nc2nc(NC3(c4ccc(Cl)cc4)CC3)nc(OCC(F)(F)F)n2)cc1. The molecule has 0 atom stereocenters. The van der Waals surface area contributed by atoms with Gasteiger partial charge >= 0.3 is 12.2 Å². The number of ether oxygens (including phenoxy) is 1. The van der Waals surface area contributed by atoms with Crippen LogP contribution in [0.3, 0.4) is 0 Å². The normalized spacial score (nSPS) is 13.7. The first-order valence-corrected chi connectivity index (χ1v) is 13.1. The molecule has 1 amide bonds. The number of benzene rings is 2. The Morgan fingerprint density at radius 3 is 2.32 bits per heavy atom. The maximum absolute atomic E-state index is 12.8. The van der Waals surface area contributed by atoms with Crippen LogP contribution < -0.4 is 32.2 Å². The molecular formula is C26H29ClF3N9O2. The van der Waals surface area contributed by atoms with Gasteiger partial charge in [-0.3, -0.25) is 9.79 Å². The van der Waals surface area contributed by atoms with Crippen LogP contribution in [0.5, 0.6) is 6.01 Å². The second kappa shape index (κ2) is 12.9. The molecule has 0 aliphatic heterocycles. The van der Waals surface area contributed by atoms with Gasteiger partial charge < -0.3 is 32.2 Å². The molecule has 0 bridgehead atoms. The highest BCUT2D eigenvalue weighted by atomic mass is 35.5. The number of guanidine groups is 1. The lowest BCUT2D eigenvalue weighted by molar-refractivity contribution is -0.154. The number of nitrogens with one attached hydrogen (secondary N) is 3. The Balaban J connectivity index is 1.43. The molecule has 41 heavy (non-hydrogen) atoms. The fraction of sp³-hybridized carbons (Fsp3) is 0.346. The Morgan fingerprint density at radius 2 is 1.68 bits per heavy atom. The van der Waals surface area contributed by atoms with E-state index in [9.17, 15) is 18.0 Å². The topological polar surface area (TPSA) is 165 Å². The van der Waals surface area contributed by atoms with Gasteiger partial charge in [-0.25, -0.2) is 0 Å². The third-order valence-electron chi connectivity index (χ3n) is 6.05. The fourth-order valence-corrected chi connectivity index (χ4v) is 3.98. The first kappa shape index (κ1) is 29.6. The molecule has 1 aliphatic carbocycles. The maximum Gasteiger partial charge on any atom is 0.422 e. The van der Waals surface area contributed by atoms with Crippen LogP contribution >= 0.6 is 11.6 Å². The number of carbonyl (C=O) groups is 1. The van der Waals surface area contributed by atoms with Crippen LogP contribution in [-0.4, -0.2) is 52.7 Å². The van der Waals surface area contributed by atoms with E-state index in [1.807, 2.05) is 12.1 Å². The number of rotatable bonds is 13. The van der Waals surface area contributed by atoms with Crippen molar-refractivity contribution in [2.24, 2.45) is 16.5 Å². The monoisotopic (exact) mass is 591 g/mol. The molecule has 15 heteroatoms. The lowest BCUT2D eigenvalue weighted by Gasteiger charge is -2.19. The Hall–Kier alpha value is -4.33. The Bertz CT molecular complexity index is 1360. The second-order valence-corrected chi connectivity index (χ2v) is 9.79. The number of aromatic nitrogens is 3.